The molecule has 0 bridgehead atoms. The lowest BCUT2D eigenvalue weighted by Gasteiger charge is -2.40. The molecule has 0 saturated carbocycles. The number of likely N-dealkylation sites (N-methyl/N-ethyl adjacent to an activating group) is 1. The smallest absolute Gasteiger partial charge is 0.225 e. The molecule has 0 unspecified atom stereocenters. The molecule has 2 aromatic rings. The van der Waals surface area contributed by atoms with E-state index in [1.165, 1.54) is 40.9 Å². The summed E-state index contributed by atoms with van der Waals surface area (Å²) in [5.74, 6) is 0.354. The van der Waals surface area contributed by atoms with E-state index in [1.54, 1.807) is 0 Å². The Kier molecular flexibility index (Phi) is 6.89. The Bertz CT molecular complexity index is 1010. The first kappa shape index (κ1) is 23.3. The van der Waals surface area contributed by atoms with Crippen LogP contribution in [-0.4, -0.2) is 66.5 Å². The zero-order valence-electron chi connectivity index (χ0n) is 21.0. The maximum atomic E-state index is 12.4. The molecule has 3 aliphatic rings. The summed E-state index contributed by atoms with van der Waals surface area (Å²) in [7, 11) is 2.27. The first-order valence-electron chi connectivity index (χ1n) is 13.0. The molecule has 6 nitrogen and oxygen atoms in total. The van der Waals surface area contributed by atoms with E-state index < -0.39 is 0 Å². The maximum Gasteiger partial charge on any atom is 0.225 e. The molecule has 34 heavy (non-hydrogen) atoms. The van der Waals surface area contributed by atoms with Gasteiger partial charge >= 0.3 is 0 Å². The van der Waals surface area contributed by atoms with Crippen molar-refractivity contribution >= 4 is 11.6 Å². The molecule has 1 aliphatic carbocycles. The number of aromatic nitrogens is 1. The van der Waals surface area contributed by atoms with Gasteiger partial charge in [0.15, 0.2) is 0 Å². The van der Waals surface area contributed by atoms with Gasteiger partial charge in [-0.2, -0.15) is 0 Å². The van der Waals surface area contributed by atoms with Crippen molar-refractivity contribution in [3.8, 4) is 0 Å². The van der Waals surface area contributed by atoms with Crippen LogP contribution in [0.2, 0.25) is 0 Å². The van der Waals surface area contributed by atoms with Crippen molar-refractivity contribution in [2.75, 3.05) is 44.7 Å². The molecule has 0 radical (unpaired) electrons. The minimum atomic E-state index is 0.0752. The number of amides is 1. The Labute approximate surface area is 204 Å². The summed E-state index contributed by atoms with van der Waals surface area (Å²) in [6.45, 7) is 9.40. The molecule has 1 N–H and O–H groups in total. The number of carbonyl (C=O) groups excluding carboxylic acids is 1. The highest BCUT2D eigenvalue weighted by molar-refractivity contribution is 5.78. The number of nitrogens with one attached hydrogen (secondary N) is 1. The number of pyridine rings is 1. The number of rotatable bonds is 5. The summed E-state index contributed by atoms with van der Waals surface area (Å²) < 4.78 is 0. The Morgan fingerprint density at radius 2 is 1.94 bits per heavy atom. The van der Waals surface area contributed by atoms with Gasteiger partial charge < -0.3 is 15.1 Å². The van der Waals surface area contributed by atoms with Crippen molar-refractivity contribution in [1.29, 1.82) is 0 Å². The van der Waals surface area contributed by atoms with Crippen LogP contribution in [0.1, 0.15) is 55.1 Å². The number of carbonyl (C=O) groups is 1. The van der Waals surface area contributed by atoms with E-state index in [9.17, 15) is 4.79 Å². The van der Waals surface area contributed by atoms with Crippen molar-refractivity contribution in [3.63, 3.8) is 0 Å². The summed E-state index contributed by atoms with van der Waals surface area (Å²) in [4.78, 5) is 24.2. The number of piperazine rings is 1. The van der Waals surface area contributed by atoms with Crippen molar-refractivity contribution in [2.45, 2.75) is 58.2 Å². The number of fused-ring (bicyclic) bond motifs is 2. The molecule has 0 spiro atoms. The standard InChI is InChI=1S/C28H39N5O/c1-20(2)28(34)33-15-13-32(14-16-33)25-10-5-8-22-18-30-23(17-24(22)25)19-31(3)26-11-4-7-21-9-6-12-29-27(21)26/h5-6,8-10,12,20,23,26,30H,4,7,11,13-19H2,1-3H3/t23-,26+/m1/s1. The van der Waals surface area contributed by atoms with Crippen LogP contribution in [0.3, 0.4) is 0 Å². The zero-order valence-corrected chi connectivity index (χ0v) is 21.0. The zero-order chi connectivity index (χ0) is 23.7. The molecular weight excluding hydrogens is 422 g/mol. The van der Waals surface area contributed by atoms with Gasteiger partial charge in [-0.1, -0.05) is 32.0 Å². The SMILES string of the molecule is CC(C)C(=O)N1CCN(c2cccc3c2C[C@H](CN(C)[C@H]2CCCc4cccnc42)NC3)CC1. The van der Waals surface area contributed by atoms with E-state index in [1.807, 2.05) is 24.9 Å². The van der Waals surface area contributed by atoms with E-state index in [0.29, 0.717) is 12.1 Å². The highest BCUT2D eigenvalue weighted by Crippen LogP contribution is 2.33. The molecule has 1 amide bonds. The van der Waals surface area contributed by atoms with E-state index >= 15 is 0 Å². The van der Waals surface area contributed by atoms with Gasteiger partial charge in [-0.15, -0.1) is 0 Å². The Hall–Kier alpha value is -2.44. The third-order valence-electron chi connectivity index (χ3n) is 7.91. The number of hydrogen-bond donors (Lipinski definition) is 1. The van der Waals surface area contributed by atoms with Crippen molar-refractivity contribution in [3.05, 3.63) is 58.9 Å². The molecule has 6 heteroatoms. The van der Waals surface area contributed by atoms with Gasteiger partial charge in [-0.3, -0.25) is 14.7 Å². The fourth-order valence-electron chi connectivity index (χ4n) is 6.04. The number of aryl methyl sites for hydroxylation is 1. The van der Waals surface area contributed by atoms with E-state index in [-0.39, 0.29) is 11.8 Å². The maximum absolute atomic E-state index is 12.4. The van der Waals surface area contributed by atoms with Gasteiger partial charge in [0.25, 0.3) is 0 Å². The van der Waals surface area contributed by atoms with Crippen LogP contribution >= 0.6 is 0 Å². The van der Waals surface area contributed by atoms with E-state index in [4.69, 9.17) is 4.98 Å². The van der Waals surface area contributed by atoms with E-state index in [2.05, 4.69) is 52.5 Å². The van der Waals surface area contributed by atoms with Crippen LogP contribution in [0.5, 0.6) is 0 Å². The quantitative estimate of drug-likeness (QED) is 0.740. The summed E-state index contributed by atoms with van der Waals surface area (Å²) in [5.41, 5.74) is 6.98. The second kappa shape index (κ2) is 10.0. The van der Waals surface area contributed by atoms with Gasteiger partial charge in [0.1, 0.15) is 0 Å². The van der Waals surface area contributed by atoms with Gasteiger partial charge in [0.2, 0.25) is 5.91 Å². The van der Waals surface area contributed by atoms with Crippen LogP contribution in [-0.2, 0) is 24.2 Å². The average Bonchev–Trinajstić information content (AvgIpc) is 2.87. The number of benzene rings is 1. The van der Waals surface area contributed by atoms with Gasteiger partial charge in [-0.05, 0) is 61.6 Å². The number of nitrogens with zero attached hydrogens (tertiary/aromatic N) is 4. The fourth-order valence-corrected chi connectivity index (χ4v) is 6.04. The molecule has 2 aliphatic heterocycles. The molecule has 5 rings (SSSR count). The van der Waals surface area contributed by atoms with Crippen LogP contribution in [0.4, 0.5) is 5.69 Å². The predicted molar refractivity (Wildman–Crippen MR) is 137 cm³/mol. The fraction of sp³-hybridized carbons (Fsp3) is 0.571. The van der Waals surface area contributed by atoms with Crippen LogP contribution in [0, 0.1) is 5.92 Å². The van der Waals surface area contributed by atoms with E-state index in [0.717, 1.165) is 52.1 Å². The van der Waals surface area contributed by atoms with Gasteiger partial charge in [0.05, 0.1) is 11.7 Å². The predicted octanol–water partition coefficient (Wildman–Crippen LogP) is 3.41. The molecule has 1 saturated heterocycles. The molecule has 1 fully saturated rings. The summed E-state index contributed by atoms with van der Waals surface area (Å²) in [6.07, 6.45) is 6.57. The normalized spacial score (nSPS) is 22.6. The second-order valence-corrected chi connectivity index (χ2v) is 10.6. The Balaban J connectivity index is 1.26. The molecular formula is C28H39N5O. The third kappa shape index (κ3) is 4.71. The lowest BCUT2D eigenvalue weighted by molar-refractivity contribution is -0.134. The second-order valence-electron chi connectivity index (χ2n) is 10.6. The highest BCUT2D eigenvalue weighted by atomic mass is 16.2. The molecule has 3 heterocycles. The molecule has 1 aromatic heterocycles. The largest absolute Gasteiger partial charge is 0.368 e. The average molecular weight is 462 g/mol. The van der Waals surface area contributed by atoms with Crippen molar-refractivity contribution in [1.82, 2.24) is 20.1 Å². The number of anilines is 1. The summed E-state index contributed by atoms with van der Waals surface area (Å²) in [6, 6.07) is 11.9. The van der Waals surface area contributed by atoms with Crippen LogP contribution in [0.15, 0.2) is 36.5 Å². The molecule has 1 aromatic carbocycles. The lowest BCUT2D eigenvalue weighted by atomic mass is 9.89. The van der Waals surface area contributed by atoms with Crippen molar-refractivity contribution in [2.24, 2.45) is 5.92 Å². The minimum Gasteiger partial charge on any atom is -0.368 e. The molecule has 2 atom stereocenters. The Morgan fingerprint density at radius 1 is 1.15 bits per heavy atom. The monoisotopic (exact) mass is 461 g/mol. The lowest BCUT2D eigenvalue weighted by Crippen LogP contribution is -2.50. The highest BCUT2D eigenvalue weighted by Gasteiger charge is 2.30. The molecule has 182 valence electrons. The number of hydrogen-bond acceptors (Lipinski definition) is 5. The van der Waals surface area contributed by atoms with Crippen LogP contribution in [0.25, 0.3) is 0 Å². The third-order valence-corrected chi connectivity index (χ3v) is 7.91. The minimum absolute atomic E-state index is 0.0752. The van der Waals surface area contributed by atoms with Crippen LogP contribution < -0.4 is 10.2 Å². The van der Waals surface area contributed by atoms with Gasteiger partial charge in [-0.25, -0.2) is 0 Å². The van der Waals surface area contributed by atoms with Crippen molar-refractivity contribution < 1.29 is 4.79 Å². The Morgan fingerprint density at radius 3 is 2.74 bits per heavy atom. The summed E-state index contributed by atoms with van der Waals surface area (Å²) in [5, 5.41) is 3.80. The topological polar surface area (TPSA) is 51.7 Å². The summed E-state index contributed by atoms with van der Waals surface area (Å²) >= 11 is 0. The first-order valence-corrected chi connectivity index (χ1v) is 13.0. The first-order chi connectivity index (χ1) is 16.5. The van der Waals surface area contributed by atoms with Gasteiger partial charge in [0, 0.05) is 63.1 Å².